The van der Waals surface area contributed by atoms with Crippen molar-refractivity contribution in [2.45, 2.75) is 34.6 Å². The monoisotopic (exact) mass is 341 g/mol. The van der Waals surface area contributed by atoms with E-state index in [1.807, 2.05) is 0 Å². The van der Waals surface area contributed by atoms with Crippen LogP contribution in [0.4, 0.5) is 0 Å². The molecule has 0 aromatic heterocycles. The van der Waals surface area contributed by atoms with Crippen LogP contribution in [0.15, 0.2) is 0 Å². The Hall–Kier alpha value is 0.360. The highest BCUT2D eigenvalue weighted by Gasteiger charge is 2.24. The lowest BCUT2D eigenvalue weighted by Gasteiger charge is -2.19. The minimum Gasteiger partial charge on any atom is -0.465 e. The van der Waals surface area contributed by atoms with Gasteiger partial charge in [-0.25, -0.2) is 0 Å². The molecule has 0 saturated heterocycles. The lowest BCUT2D eigenvalue weighted by atomic mass is 10.3. The molecular weight excluding hydrogens is 313 g/mol. The average molecular weight is 341 g/mol. The molecule has 0 aromatic rings. The molecule has 0 spiro atoms. The van der Waals surface area contributed by atoms with E-state index in [1.54, 1.807) is 29.7 Å². The van der Waals surface area contributed by atoms with Crippen molar-refractivity contribution in [1.82, 2.24) is 5.32 Å². The fraction of sp³-hybridized carbons (Fsp3) is 0.923. The molecule has 0 aromatic carbocycles. The van der Waals surface area contributed by atoms with Gasteiger partial charge in [0.2, 0.25) is 5.55 Å². The summed E-state index contributed by atoms with van der Waals surface area (Å²) in [7, 11) is 0. The van der Waals surface area contributed by atoms with Gasteiger partial charge in [0.1, 0.15) is 0 Å². The molecule has 1 N–H and O–H groups in total. The molecule has 0 amide bonds. The van der Waals surface area contributed by atoms with E-state index in [1.165, 1.54) is 0 Å². The molecule has 0 aliphatic rings. The molecular formula is C13H28NO3PS2. The molecule has 0 fully saturated rings. The predicted molar refractivity (Wildman–Crippen MR) is 91.7 cm³/mol. The molecule has 0 radical (unpaired) electrons. The van der Waals surface area contributed by atoms with Crippen LogP contribution in [0.2, 0.25) is 0 Å². The maximum Gasteiger partial charge on any atom is 0.319 e. The first-order valence-corrected chi connectivity index (χ1v) is 12.1. The Morgan fingerprint density at radius 2 is 1.65 bits per heavy atom. The van der Waals surface area contributed by atoms with Gasteiger partial charge in [-0.15, -0.1) is 0 Å². The number of nitrogens with one attached hydrogen (secondary N) is 1. The highest BCUT2D eigenvalue weighted by atomic mass is 33.1. The van der Waals surface area contributed by atoms with E-state index in [9.17, 15) is 9.36 Å². The molecule has 0 saturated carbocycles. The van der Waals surface area contributed by atoms with E-state index in [4.69, 9.17) is 4.74 Å². The van der Waals surface area contributed by atoms with Crippen LogP contribution in [0, 0.1) is 11.8 Å². The standard InChI is InChI=1S/C13H28NO3PS2/c1-6-17-13(15)7-14-10-18(16,19-8-11(2)3)20-9-12(4)5/h11-12,14H,6-10H2,1-5H3. The summed E-state index contributed by atoms with van der Waals surface area (Å²) in [5, 5.41) is 2.98. The number of ether oxygens (including phenoxy) is 1. The molecule has 20 heavy (non-hydrogen) atoms. The number of hydrogen-bond donors (Lipinski definition) is 1. The van der Waals surface area contributed by atoms with E-state index in [0.29, 0.717) is 24.7 Å². The van der Waals surface area contributed by atoms with Crippen molar-refractivity contribution in [3.05, 3.63) is 0 Å². The summed E-state index contributed by atoms with van der Waals surface area (Å²) < 4.78 is 17.7. The van der Waals surface area contributed by atoms with Crippen LogP contribution >= 0.6 is 28.3 Å². The number of esters is 1. The normalized spacial score (nSPS) is 12.2. The summed E-state index contributed by atoms with van der Waals surface area (Å²) in [4.78, 5) is 11.3. The van der Waals surface area contributed by atoms with Gasteiger partial charge in [-0.3, -0.25) is 14.7 Å². The quantitative estimate of drug-likeness (QED) is 0.452. The first kappa shape index (κ1) is 20.4. The summed E-state index contributed by atoms with van der Waals surface area (Å²) >= 11 is 3.09. The van der Waals surface area contributed by atoms with Crippen molar-refractivity contribution in [2.24, 2.45) is 11.8 Å². The Morgan fingerprint density at radius 1 is 1.15 bits per heavy atom. The number of carbonyl (C=O) groups excluding carboxylic acids is 1. The van der Waals surface area contributed by atoms with Crippen LogP contribution in [0.1, 0.15) is 34.6 Å². The van der Waals surface area contributed by atoms with Crippen LogP contribution in [0.3, 0.4) is 0 Å². The van der Waals surface area contributed by atoms with Crippen LogP contribution in [-0.4, -0.2) is 36.9 Å². The maximum atomic E-state index is 12.9. The van der Waals surface area contributed by atoms with Crippen molar-refractivity contribution in [3.63, 3.8) is 0 Å². The van der Waals surface area contributed by atoms with Gasteiger partial charge >= 0.3 is 5.97 Å². The van der Waals surface area contributed by atoms with E-state index in [0.717, 1.165) is 11.5 Å². The first-order valence-electron chi connectivity index (χ1n) is 7.03. The van der Waals surface area contributed by atoms with E-state index < -0.39 is 5.55 Å². The highest BCUT2D eigenvalue weighted by Crippen LogP contribution is 2.68. The molecule has 0 atom stereocenters. The summed E-state index contributed by atoms with van der Waals surface area (Å²) in [6.45, 7) is 10.8. The minimum atomic E-state index is -2.39. The van der Waals surface area contributed by atoms with Gasteiger partial charge in [-0.1, -0.05) is 50.5 Å². The predicted octanol–water partition coefficient (Wildman–Crippen LogP) is 4.07. The van der Waals surface area contributed by atoms with Crippen LogP contribution in [0.5, 0.6) is 0 Å². The van der Waals surface area contributed by atoms with Gasteiger partial charge in [0.05, 0.1) is 19.4 Å². The van der Waals surface area contributed by atoms with Crippen molar-refractivity contribution in [3.8, 4) is 0 Å². The fourth-order valence-electron chi connectivity index (χ4n) is 1.16. The summed E-state index contributed by atoms with van der Waals surface area (Å²) in [5.41, 5.74) is -2.39. The van der Waals surface area contributed by atoms with E-state index in [2.05, 4.69) is 33.0 Å². The third-order valence-electron chi connectivity index (χ3n) is 2.09. The largest absolute Gasteiger partial charge is 0.465 e. The Balaban J connectivity index is 4.29. The number of hydrogen-bond acceptors (Lipinski definition) is 6. The van der Waals surface area contributed by atoms with Crippen LogP contribution in [-0.2, 0) is 14.1 Å². The Bertz CT molecular complexity index is 309. The molecule has 7 heteroatoms. The Morgan fingerprint density at radius 3 is 2.05 bits per heavy atom. The van der Waals surface area contributed by atoms with Crippen molar-refractivity contribution >= 4 is 34.3 Å². The summed E-state index contributed by atoms with van der Waals surface area (Å²) in [6.07, 6.45) is 0.376. The van der Waals surface area contributed by atoms with Crippen molar-refractivity contribution in [2.75, 3.05) is 30.9 Å². The molecule has 4 nitrogen and oxygen atoms in total. The molecule has 120 valence electrons. The lowest BCUT2D eigenvalue weighted by Crippen LogP contribution is -2.25. The molecule has 0 aliphatic heterocycles. The van der Waals surface area contributed by atoms with Crippen LogP contribution < -0.4 is 5.32 Å². The van der Waals surface area contributed by atoms with E-state index >= 15 is 0 Å². The SMILES string of the molecule is CCOC(=O)CNCP(=O)(SCC(C)C)SCC(C)C. The molecule has 0 rings (SSSR count). The number of carbonyl (C=O) groups is 1. The Labute approximate surface area is 131 Å². The molecule has 0 bridgehead atoms. The fourth-order valence-corrected chi connectivity index (χ4v) is 9.09. The zero-order chi connectivity index (χ0) is 15.6. The van der Waals surface area contributed by atoms with Gasteiger partial charge in [-0.2, -0.15) is 0 Å². The van der Waals surface area contributed by atoms with E-state index in [-0.39, 0.29) is 12.5 Å². The minimum absolute atomic E-state index is 0.127. The summed E-state index contributed by atoms with van der Waals surface area (Å²) in [5.74, 6) is 2.49. The summed E-state index contributed by atoms with van der Waals surface area (Å²) in [6, 6.07) is 0. The maximum absolute atomic E-state index is 12.9. The second kappa shape index (κ2) is 11.0. The van der Waals surface area contributed by atoms with Crippen LogP contribution in [0.25, 0.3) is 0 Å². The van der Waals surface area contributed by atoms with Gasteiger partial charge in [0.25, 0.3) is 0 Å². The third kappa shape index (κ3) is 11.1. The zero-order valence-corrected chi connectivity index (χ0v) is 15.7. The molecule has 0 aliphatic carbocycles. The first-order chi connectivity index (χ1) is 9.29. The smallest absolute Gasteiger partial charge is 0.319 e. The topological polar surface area (TPSA) is 55.4 Å². The van der Waals surface area contributed by atoms with Crippen molar-refractivity contribution in [1.29, 1.82) is 0 Å². The second-order valence-corrected chi connectivity index (χ2v) is 13.9. The number of rotatable bonds is 11. The lowest BCUT2D eigenvalue weighted by molar-refractivity contribution is -0.141. The molecule has 0 heterocycles. The Kier molecular flexibility index (Phi) is 11.2. The molecule has 0 unspecified atom stereocenters. The van der Waals surface area contributed by atoms with Gasteiger partial charge in [0, 0.05) is 11.5 Å². The van der Waals surface area contributed by atoms with Gasteiger partial charge < -0.3 is 4.74 Å². The zero-order valence-electron chi connectivity index (χ0n) is 13.2. The third-order valence-corrected chi connectivity index (χ3v) is 11.0. The van der Waals surface area contributed by atoms with Gasteiger partial charge in [0.15, 0.2) is 0 Å². The van der Waals surface area contributed by atoms with Crippen molar-refractivity contribution < 1.29 is 14.1 Å². The van der Waals surface area contributed by atoms with Gasteiger partial charge in [-0.05, 0) is 18.8 Å². The second-order valence-electron chi connectivity index (χ2n) is 5.38. The average Bonchev–Trinajstić information content (AvgIpc) is 2.35. The highest BCUT2D eigenvalue weighted by molar-refractivity contribution is 8.90.